The number of halogens is 4. The molecule has 0 aliphatic carbocycles. The minimum atomic E-state index is -3.89. The van der Waals surface area contributed by atoms with Crippen LogP contribution < -0.4 is 9.62 Å². The maximum atomic E-state index is 13.9. The standard InChI is InChI=1S/C31H35Cl2F2N3O4S/c1-31(2,3)36-30(40)28(18-21-9-6-5-7-10-21)37(20-22-12-14-24(32)25(33)17-22)29(39)11-8-16-38(43(4,41)42)23-13-15-26(34)27(35)19-23/h5-7,9-10,12-15,17,19,28H,8,11,16,18,20H2,1-4H3,(H,36,40)/t28-/m0/s1. The van der Waals surface area contributed by atoms with E-state index in [-0.39, 0.29) is 43.9 Å². The van der Waals surface area contributed by atoms with Gasteiger partial charge in [0.15, 0.2) is 11.6 Å². The van der Waals surface area contributed by atoms with Crippen molar-refractivity contribution >= 4 is 50.7 Å². The van der Waals surface area contributed by atoms with E-state index in [0.29, 0.717) is 15.6 Å². The fourth-order valence-corrected chi connectivity index (χ4v) is 5.76. The molecule has 0 aliphatic rings. The van der Waals surface area contributed by atoms with Crippen LogP contribution in [0.1, 0.15) is 44.7 Å². The number of benzene rings is 3. The van der Waals surface area contributed by atoms with Gasteiger partial charge in [-0.2, -0.15) is 0 Å². The lowest BCUT2D eigenvalue weighted by Gasteiger charge is -2.34. The Kier molecular flexibility index (Phi) is 11.6. The summed E-state index contributed by atoms with van der Waals surface area (Å²) < 4.78 is 53.3. The first-order valence-corrected chi connectivity index (χ1v) is 16.2. The molecule has 0 heterocycles. The number of nitrogens with zero attached hydrogens (tertiary/aromatic N) is 2. The van der Waals surface area contributed by atoms with Gasteiger partial charge in [-0.05, 0) is 62.6 Å². The minimum absolute atomic E-state index is 0.0315. The predicted molar refractivity (Wildman–Crippen MR) is 167 cm³/mol. The molecule has 3 rings (SSSR count). The number of anilines is 1. The summed E-state index contributed by atoms with van der Waals surface area (Å²) in [5.74, 6) is -3.06. The highest BCUT2D eigenvalue weighted by atomic mass is 35.5. The summed E-state index contributed by atoms with van der Waals surface area (Å²) >= 11 is 12.4. The van der Waals surface area contributed by atoms with Crippen LogP contribution in [0.3, 0.4) is 0 Å². The van der Waals surface area contributed by atoms with Gasteiger partial charge in [0, 0.05) is 37.5 Å². The molecule has 0 saturated carbocycles. The molecule has 43 heavy (non-hydrogen) atoms. The molecule has 12 heteroatoms. The van der Waals surface area contributed by atoms with Crippen molar-refractivity contribution in [2.45, 2.75) is 58.2 Å². The maximum absolute atomic E-state index is 13.9. The molecule has 0 aliphatic heterocycles. The molecule has 0 saturated heterocycles. The van der Waals surface area contributed by atoms with Crippen LogP contribution in [0, 0.1) is 11.6 Å². The molecule has 1 atom stereocenters. The summed E-state index contributed by atoms with van der Waals surface area (Å²) in [4.78, 5) is 29.0. The summed E-state index contributed by atoms with van der Waals surface area (Å²) in [7, 11) is -3.89. The molecule has 3 aromatic rings. The van der Waals surface area contributed by atoms with Crippen LogP contribution in [0.2, 0.25) is 10.0 Å². The molecule has 7 nitrogen and oxygen atoms in total. The first kappa shape index (κ1) is 34.3. The quantitative estimate of drug-likeness (QED) is 0.246. The second-order valence-electron chi connectivity index (χ2n) is 11.3. The van der Waals surface area contributed by atoms with Gasteiger partial charge in [-0.25, -0.2) is 17.2 Å². The number of carbonyl (C=O) groups excluding carboxylic acids is 2. The van der Waals surface area contributed by atoms with Gasteiger partial charge in [0.05, 0.1) is 22.0 Å². The lowest BCUT2D eigenvalue weighted by atomic mass is 10.00. The highest BCUT2D eigenvalue weighted by molar-refractivity contribution is 7.92. The Bertz CT molecular complexity index is 1550. The summed E-state index contributed by atoms with van der Waals surface area (Å²) in [5.41, 5.74) is 0.840. The Balaban J connectivity index is 1.93. The van der Waals surface area contributed by atoms with E-state index in [1.54, 1.807) is 18.2 Å². The van der Waals surface area contributed by atoms with E-state index in [2.05, 4.69) is 5.32 Å². The van der Waals surface area contributed by atoms with E-state index in [0.717, 1.165) is 34.3 Å². The first-order chi connectivity index (χ1) is 20.0. The second kappa shape index (κ2) is 14.5. The predicted octanol–water partition coefficient (Wildman–Crippen LogP) is 6.37. The van der Waals surface area contributed by atoms with Crippen molar-refractivity contribution in [2.75, 3.05) is 17.1 Å². The molecule has 0 aromatic heterocycles. The Labute approximate surface area is 261 Å². The number of rotatable bonds is 12. The van der Waals surface area contributed by atoms with Gasteiger partial charge < -0.3 is 10.2 Å². The third-order valence-electron chi connectivity index (χ3n) is 6.45. The minimum Gasteiger partial charge on any atom is -0.350 e. The normalized spacial score (nSPS) is 12.5. The molecule has 0 bridgehead atoms. The zero-order chi connectivity index (χ0) is 31.9. The lowest BCUT2D eigenvalue weighted by Crippen LogP contribution is -2.54. The Morgan fingerprint density at radius 3 is 2.16 bits per heavy atom. The largest absolute Gasteiger partial charge is 0.350 e. The van der Waals surface area contributed by atoms with E-state index in [4.69, 9.17) is 23.2 Å². The van der Waals surface area contributed by atoms with Crippen molar-refractivity contribution in [3.8, 4) is 0 Å². The highest BCUT2D eigenvalue weighted by Gasteiger charge is 2.32. The van der Waals surface area contributed by atoms with Gasteiger partial charge in [0.25, 0.3) is 0 Å². The van der Waals surface area contributed by atoms with Gasteiger partial charge >= 0.3 is 0 Å². The Morgan fingerprint density at radius 1 is 0.907 bits per heavy atom. The third kappa shape index (κ3) is 10.2. The van der Waals surface area contributed by atoms with Crippen molar-refractivity contribution in [3.05, 3.63) is 99.5 Å². The van der Waals surface area contributed by atoms with Gasteiger partial charge in [0.2, 0.25) is 21.8 Å². The van der Waals surface area contributed by atoms with Crippen LogP contribution >= 0.6 is 23.2 Å². The average Bonchev–Trinajstić information content (AvgIpc) is 2.91. The number of carbonyl (C=O) groups is 2. The molecule has 2 amide bonds. The number of sulfonamides is 1. The summed E-state index contributed by atoms with van der Waals surface area (Å²) in [5, 5.41) is 3.61. The van der Waals surface area contributed by atoms with Crippen LogP contribution in [0.5, 0.6) is 0 Å². The highest BCUT2D eigenvalue weighted by Crippen LogP contribution is 2.26. The number of hydrogen-bond donors (Lipinski definition) is 1. The van der Waals surface area contributed by atoms with Gasteiger partial charge in [-0.15, -0.1) is 0 Å². The maximum Gasteiger partial charge on any atom is 0.243 e. The number of hydrogen-bond acceptors (Lipinski definition) is 4. The monoisotopic (exact) mass is 653 g/mol. The molecule has 232 valence electrons. The van der Waals surface area contributed by atoms with Crippen molar-refractivity contribution in [1.82, 2.24) is 10.2 Å². The van der Waals surface area contributed by atoms with Crippen molar-refractivity contribution in [1.29, 1.82) is 0 Å². The zero-order valence-corrected chi connectivity index (χ0v) is 26.7. The number of nitrogens with one attached hydrogen (secondary N) is 1. The topological polar surface area (TPSA) is 86.8 Å². The average molecular weight is 655 g/mol. The molecule has 0 unspecified atom stereocenters. The smallest absolute Gasteiger partial charge is 0.243 e. The van der Waals surface area contributed by atoms with Crippen LogP contribution in [-0.4, -0.2) is 49.5 Å². The summed E-state index contributed by atoms with van der Waals surface area (Å²) in [6, 6.07) is 16.1. The van der Waals surface area contributed by atoms with E-state index in [9.17, 15) is 26.8 Å². The molecule has 0 spiro atoms. The molecular formula is C31H35Cl2F2N3O4S. The van der Waals surface area contributed by atoms with E-state index in [1.165, 1.54) is 4.90 Å². The summed E-state index contributed by atoms with van der Waals surface area (Å²) in [6.45, 7) is 5.38. The van der Waals surface area contributed by atoms with E-state index >= 15 is 0 Å². The fraction of sp³-hybridized carbons (Fsp3) is 0.355. The van der Waals surface area contributed by atoms with Crippen molar-refractivity contribution < 1.29 is 26.8 Å². The molecule has 3 aromatic carbocycles. The first-order valence-electron chi connectivity index (χ1n) is 13.6. The Hall–Kier alpha value is -3.21. The second-order valence-corrected chi connectivity index (χ2v) is 14.0. The van der Waals surface area contributed by atoms with Gasteiger partial charge in [-0.3, -0.25) is 13.9 Å². The molecular weight excluding hydrogens is 619 g/mol. The summed E-state index contributed by atoms with van der Waals surface area (Å²) in [6.07, 6.45) is 1.08. The molecule has 0 fully saturated rings. The van der Waals surface area contributed by atoms with Gasteiger partial charge in [0.1, 0.15) is 6.04 Å². The Morgan fingerprint density at radius 2 is 1.58 bits per heavy atom. The number of amides is 2. The van der Waals surface area contributed by atoms with Crippen LogP contribution in [0.4, 0.5) is 14.5 Å². The fourth-order valence-electron chi connectivity index (χ4n) is 4.49. The molecule has 0 radical (unpaired) electrons. The van der Waals surface area contributed by atoms with Crippen LogP contribution in [-0.2, 0) is 32.6 Å². The van der Waals surface area contributed by atoms with Crippen molar-refractivity contribution in [2.24, 2.45) is 0 Å². The van der Waals surface area contributed by atoms with Crippen LogP contribution in [0.15, 0.2) is 66.7 Å². The van der Waals surface area contributed by atoms with Crippen molar-refractivity contribution in [3.63, 3.8) is 0 Å². The van der Waals surface area contributed by atoms with Crippen LogP contribution in [0.25, 0.3) is 0 Å². The van der Waals surface area contributed by atoms with E-state index < -0.39 is 39.1 Å². The third-order valence-corrected chi connectivity index (χ3v) is 8.38. The zero-order valence-electron chi connectivity index (χ0n) is 24.4. The van der Waals surface area contributed by atoms with E-state index in [1.807, 2.05) is 51.1 Å². The molecule has 1 N–H and O–H groups in total. The SMILES string of the molecule is CC(C)(C)NC(=O)[C@H](Cc1ccccc1)N(Cc1ccc(Cl)c(Cl)c1)C(=O)CCCN(c1ccc(F)c(F)c1)S(C)(=O)=O. The van der Waals surface area contributed by atoms with Gasteiger partial charge in [-0.1, -0.05) is 59.6 Å². The lowest BCUT2D eigenvalue weighted by molar-refractivity contribution is -0.142.